The molecule has 1 heteroatoms. The standard InChI is InChI=1S/C15H26O/c1-3-4-5-6-14-7-10-15(11-8-14,12-9-14)13(2)16/h16H,2-12H2,1H3. The molecule has 3 aliphatic carbocycles. The van der Waals surface area contributed by atoms with Crippen LogP contribution in [0.25, 0.3) is 0 Å². The Kier molecular flexibility index (Phi) is 3.32. The van der Waals surface area contributed by atoms with E-state index in [0.717, 1.165) is 0 Å². The Morgan fingerprint density at radius 3 is 2.06 bits per heavy atom. The van der Waals surface area contributed by atoms with Crippen LogP contribution in [0, 0.1) is 10.8 Å². The lowest BCUT2D eigenvalue weighted by molar-refractivity contribution is -0.0147. The van der Waals surface area contributed by atoms with Gasteiger partial charge < -0.3 is 5.11 Å². The first-order chi connectivity index (χ1) is 7.63. The molecular weight excluding hydrogens is 196 g/mol. The molecule has 0 heterocycles. The second kappa shape index (κ2) is 4.43. The van der Waals surface area contributed by atoms with Crippen LogP contribution in [0.4, 0.5) is 0 Å². The molecule has 0 aliphatic heterocycles. The zero-order valence-corrected chi connectivity index (χ0v) is 10.7. The number of allylic oxidation sites excluding steroid dienone is 1. The highest BCUT2D eigenvalue weighted by Crippen LogP contribution is 2.60. The average Bonchev–Trinajstić information content (AvgIpc) is 2.31. The molecule has 3 saturated carbocycles. The molecule has 92 valence electrons. The van der Waals surface area contributed by atoms with E-state index in [-0.39, 0.29) is 5.41 Å². The smallest absolute Gasteiger partial charge is 0.0912 e. The fourth-order valence-electron chi connectivity index (χ4n) is 3.82. The summed E-state index contributed by atoms with van der Waals surface area (Å²) in [4.78, 5) is 0. The average molecular weight is 222 g/mol. The minimum atomic E-state index is 0.118. The van der Waals surface area contributed by atoms with E-state index in [9.17, 15) is 5.11 Å². The van der Waals surface area contributed by atoms with Crippen LogP contribution < -0.4 is 0 Å². The quantitative estimate of drug-likeness (QED) is 0.514. The summed E-state index contributed by atoms with van der Waals surface area (Å²) in [5.74, 6) is 0.467. The molecule has 0 aromatic carbocycles. The van der Waals surface area contributed by atoms with Crippen molar-refractivity contribution in [1.82, 2.24) is 0 Å². The minimum Gasteiger partial charge on any atom is -0.512 e. The van der Waals surface area contributed by atoms with Crippen LogP contribution >= 0.6 is 0 Å². The molecule has 0 amide bonds. The normalized spacial score (nSPS) is 37.6. The number of fused-ring (bicyclic) bond motifs is 3. The molecule has 16 heavy (non-hydrogen) atoms. The fourth-order valence-corrected chi connectivity index (χ4v) is 3.82. The molecule has 1 N–H and O–H groups in total. The lowest BCUT2D eigenvalue weighted by Crippen LogP contribution is -2.42. The summed E-state index contributed by atoms with van der Waals surface area (Å²) in [5.41, 5.74) is 0.763. The van der Waals surface area contributed by atoms with Gasteiger partial charge in [0.15, 0.2) is 0 Å². The van der Waals surface area contributed by atoms with Crippen molar-refractivity contribution < 1.29 is 5.11 Å². The van der Waals surface area contributed by atoms with Crippen LogP contribution in [0.15, 0.2) is 12.3 Å². The zero-order chi connectivity index (χ0) is 11.6. The molecule has 0 atom stereocenters. The van der Waals surface area contributed by atoms with Crippen molar-refractivity contribution in [2.45, 2.75) is 71.1 Å². The van der Waals surface area contributed by atoms with Crippen molar-refractivity contribution in [3.63, 3.8) is 0 Å². The Labute approximate surface area is 99.9 Å². The third kappa shape index (κ3) is 2.01. The Balaban J connectivity index is 1.92. The van der Waals surface area contributed by atoms with Gasteiger partial charge in [-0.3, -0.25) is 0 Å². The monoisotopic (exact) mass is 222 g/mol. The molecule has 2 bridgehead atoms. The number of hydrogen-bond donors (Lipinski definition) is 1. The summed E-state index contributed by atoms with van der Waals surface area (Å²) in [7, 11) is 0. The summed E-state index contributed by atoms with van der Waals surface area (Å²) in [5, 5.41) is 9.76. The maximum absolute atomic E-state index is 9.76. The first-order valence-electron chi connectivity index (χ1n) is 7.01. The van der Waals surface area contributed by atoms with E-state index in [1.54, 1.807) is 0 Å². The molecular formula is C15H26O. The highest BCUT2D eigenvalue weighted by molar-refractivity contribution is 5.10. The fraction of sp³-hybridized carbons (Fsp3) is 0.867. The van der Waals surface area contributed by atoms with E-state index in [1.807, 2.05) is 0 Å². The predicted molar refractivity (Wildman–Crippen MR) is 68.5 cm³/mol. The summed E-state index contributed by atoms with van der Waals surface area (Å²) in [6.07, 6.45) is 13.1. The Morgan fingerprint density at radius 2 is 1.62 bits per heavy atom. The van der Waals surface area contributed by atoms with Gasteiger partial charge in [-0.25, -0.2) is 0 Å². The van der Waals surface area contributed by atoms with E-state index >= 15 is 0 Å². The highest BCUT2D eigenvalue weighted by Gasteiger charge is 2.49. The van der Waals surface area contributed by atoms with E-state index in [1.165, 1.54) is 64.2 Å². The molecule has 3 fully saturated rings. The minimum absolute atomic E-state index is 0.118. The zero-order valence-electron chi connectivity index (χ0n) is 10.7. The maximum atomic E-state index is 9.76. The van der Waals surface area contributed by atoms with E-state index in [2.05, 4.69) is 13.5 Å². The van der Waals surface area contributed by atoms with Crippen molar-refractivity contribution in [3.05, 3.63) is 12.3 Å². The van der Waals surface area contributed by atoms with Crippen LogP contribution in [0.2, 0.25) is 0 Å². The van der Waals surface area contributed by atoms with E-state index in [0.29, 0.717) is 11.2 Å². The Bertz CT molecular complexity index is 242. The maximum Gasteiger partial charge on any atom is 0.0912 e. The van der Waals surface area contributed by atoms with Crippen molar-refractivity contribution >= 4 is 0 Å². The van der Waals surface area contributed by atoms with Crippen LogP contribution in [0.1, 0.15) is 71.1 Å². The van der Waals surface area contributed by atoms with Gasteiger partial charge in [-0.05, 0) is 50.4 Å². The second-order valence-corrected chi connectivity index (χ2v) is 6.18. The number of unbranched alkanes of at least 4 members (excludes halogenated alkanes) is 2. The number of hydrogen-bond acceptors (Lipinski definition) is 1. The molecule has 0 unspecified atom stereocenters. The van der Waals surface area contributed by atoms with Gasteiger partial charge in [0, 0.05) is 5.41 Å². The molecule has 1 nitrogen and oxygen atoms in total. The lowest BCUT2D eigenvalue weighted by atomic mass is 9.52. The van der Waals surface area contributed by atoms with Gasteiger partial charge in [0.25, 0.3) is 0 Å². The number of rotatable bonds is 5. The number of aliphatic hydroxyl groups excluding tert-OH is 1. The number of aliphatic hydroxyl groups is 1. The van der Waals surface area contributed by atoms with Gasteiger partial charge in [0.05, 0.1) is 5.76 Å². The molecule has 0 radical (unpaired) electrons. The third-order valence-corrected chi connectivity index (χ3v) is 5.32. The molecule has 0 spiro atoms. The molecule has 0 aromatic rings. The van der Waals surface area contributed by atoms with Crippen LogP contribution in [0.3, 0.4) is 0 Å². The summed E-state index contributed by atoms with van der Waals surface area (Å²) in [6.45, 7) is 6.08. The largest absolute Gasteiger partial charge is 0.512 e. The van der Waals surface area contributed by atoms with Gasteiger partial charge in [-0.15, -0.1) is 0 Å². The topological polar surface area (TPSA) is 20.2 Å². The molecule has 3 aliphatic rings. The van der Waals surface area contributed by atoms with Crippen LogP contribution in [-0.4, -0.2) is 5.11 Å². The van der Waals surface area contributed by atoms with Gasteiger partial charge >= 0.3 is 0 Å². The molecule has 0 saturated heterocycles. The van der Waals surface area contributed by atoms with Crippen molar-refractivity contribution in [2.24, 2.45) is 10.8 Å². The Hall–Kier alpha value is -0.460. The predicted octanol–water partition coefficient (Wildman–Crippen LogP) is 4.98. The highest BCUT2D eigenvalue weighted by atomic mass is 16.3. The SMILES string of the molecule is C=C(O)C12CCC(CCCCC)(CC1)CC2. The first-order valence-corrected chi connectivity index (χ1v) is 7.01. The van der Waals surface area contributed by atoms with Crippen LogP contribution in [-0.2, 0) is 0 Å². The van der Waals surface area contributed by atoms with Gasteiger partial charge in [0.1, 0.15) is 0 Å². The van der Waals surface area contributed by atoms with Crippen LogP contribution in [0.5, 0.6) is 0 Å². The van der Waals surface area contributed by atoms with Gasteiger partial charge in [-0.1, -0.05) is 32.8 Å². The molecule has 0 aromatic heterocycles. The van der Waals surface area contributed by atoms with E-state index < -0.39 is 0 Å². The van der Waals surface area contributed by atoms with Crippen molar-refractivity contribution in [1.29, 1.82) is 0 Å². The van der Waals surface area contributed by atoms with E-state index in [4.69, 9.17) is 0 Å². The summed E-state index contributed by atoms with van der Waals surface area (Å²) in [6, 6.07) is 0. The first kappa shape index (κ1) is 12.0. The third-order valence-electron chi connectivity index (χ3n) is 5.32. The van der Waals surface area contributed by atoms with Crippen molar-refractivity contribution in [2.75, 3.05) is 0 Å². The molecule has 3 rings (SSSR count). The van der Waals surface area contributed by atoms with Gasteiger partial charge in [0.2, 0.25) is 0 Å². The van der Waals surface area contributed by atoms with Crippen molar-refractivity contribution in [3.8, 4) is 0 Å². The lowest BCUT2D eigenvalue weighted by Gasteiger charge is -2.53. The Morgan fingerprint density at radius 1 is 1.06 bits per heavy atom. The van der Waals surface area contributed by atoms with Gasteiger partial charge in [-0.2, -0.15) is 0 Å². The summed E-state index contributed by atoms with van der Waals surface area (Å²) >= 11 is 0. The second-order valence-electron chi connectivity index (χ2n) is 6.18. The summed E-state index contributed by atoms with van der Waals surface area (Å²) < 4.78 is 0.